The summed E-state index contributed by atoms with van der Waals surface area (Å²) in [6.07, 6.45) is 0.447. The van der Waals surface area contributed by atoms with Gasteiger partial charge in [-0.3, -0.25) is 4.79 Å². The summed E-state index contributed by atoms with van der Waals surface area (Å²) in [6, 6.07) is 4.68. The van der Waals surface area contributed by atoms with Gasteiger partial charge in [0.2, 0.25) is 0 Å². The Morgan fingerprint density at radius 1 is 1.53 bits per heavy atom. The number of carbonyl (C=O) groups excluding carboxylic acids is 1. The summed E-state index contributed by atoms with van der Waals surface area (Å²) >= 11 is 0. The molecule has 1 fully saturated rings. The molecule has 1 aromatic carbocycles. The van der Waals surface area contributed by atoms with Gasteiger partial charge < -0.3 is 9.84 Å². The Kier molecular flexibility index (Phi) is 2.91. The monoisotopic (exact) mass is 238 g/mol. The molecule has 0 heterocycles. The van der Waals surface area contributed by atoms with Gasteiger partial charge in [-0.1, -0.05) is 12.1 Å². The Hall–Kier alpha value is -1.42. The second-order valence-corrected chi connectivity index (χ2v) is 4.59. The van der Waals surface area contributed by atoms with Crippen molar-refractivity contribution in [3.8, 4) is 0 Å². The lowest BCUT2D eigenvalue weighted by Crippen LogP contribution is -2.45. The van der Waals surface area contributed by atoms with Crippen molar-refractivity contribution in [3.63, 3.8) is 0 Å². The smallest absolute Gasteiger partial charge is 0.308 e. The van der Waals surface area contributed by atoms with Gasteiger partial charge in [-0.25, -0.2) is 4.39 Å². The van der Waals surface area contributed by atoms with Crippen LogP contribution in [0.4, 0.5) is 4.39 Å². The molecule has 1 saturated carbocycles. The van der Waals surface area contributed by atoms with E-state index in [0.29, 0.717) is 11.1 Å². The van der Waals surface area contributed by atoms with E-state index >= 15 is 0 Å². The molecule has 17 heavy (non-hydrogen) atoms. The predicted octanol–water partition coefficient (Wildman–Crippen LogP) is 1.90. The van der Waals surface area contributed by atoms with E-state index in [-0.39, 0.29) is 24.7 Å². The highest BCUT2D eigenvalue weighted by atomic mass is 19.1. The first kappa shape index (κ1) is 12.0. The molecule has 1 aliphatic rings. The van der Waals surface area contributed by atoms with E-state index in [9.17, 15) is 14.3 Å². The van der Waals surface area contributed by atoms with Gasteiger partial charge in [-0.15, -0.1) is 0 Å². The predicted molar refractivity (Wildman–Crippen MR) is 59.8 cm³/mol. The molecule has 0 atom stereocenters. The van der Waals surface area contributed by atoms with Crippen molar-refractivity contribution in [2.75, 3.05) is 7.11 Å². The molecule has 0 unspecified atom stereocenters. The van der Waals surface area contributed by atoms with Crippen molar-refractivity contribution in [3.05, 3.63) is 35.1 Å². The van der Waals surface area contributed by atoms with Crippen LogP contribution in [-0.2, 0) is 15.1 Å². The van der Waals surface area contributed by atoms with Gasteiger partial charge >= 0.3 is 5.97 Å². The summed E-state index contributed by atoms with van der Waals surface area (Å²) < 4.78 is 18.3. The van der Waals surface area contributed by atoms with Crippen LogP contribution in [0.2, 0.25) is 0 Å². The lowest BCUT2D eigenvalue weighted by atomic mass is 9.66. The van der Waals surface area contributed by atoms with Crippen LogP contribution in [0.5, 0.6) is 0 Å². The van der Waals surface area contributed by atoms with Gasteiger partial charge in [0.05, 0.1) is 18.6 Å². The number of carbonyl (C=O) groups is 1. The highest BCUT2D eigenvalue weighted by molar-refractivity contribution is 5.74. The molecule has 3 nitrogen and oxygen atoms in total. The molecule has 0 bridgehead atoms. The molecule has 0 amide bonds. The zero-order chi connectivity index (χ0) is 12.6. The number of esters is 1. The number of halogens is 1. The molecule has 0 radical (unpaired) electrons. The number of aryl methyl sites for hydroxylation is 1. The Bertz CT molecular complexity index is 430. The molecule has 0 saturated heterocycles. The van der Waals surface area contributed by atoms with Crippen LogP contribution >= 0.6 is 0 Å². The minimum atomic E-state index is -1.23. The van der Waals surface area contributed by atoms with Crippen LogP contribution in [0, 0.1) is 18.7 Å². The molecule has 1 N–H and O–H groups in total. The number of hydrogen-bond donors (Lipinski definition) is 1. The number of benzene rings is 1. The van der Waals surface area contributed by atoms with E-state index < -0.39 is 11.4 Å². The van der Waals surface area contributed by atoms with E-state index in [1.54, 1.807) is 19.1 Å². The average Bonchev–Trinajstić information content (AvgIpc) is 2.24. The van der Waals surface area contributed by atoms with Crippen molar-refractivity contribution in [2.24, 2.45) is 5.92 Å². The average molecular weight is 238 g/mol. The lowest BCUT2D eigenvalue weighted by Gasteiger charge is -2.43. The van der Waals surface area contributed by atoms with Gasteiger partial charge in [0.15, 0.2) is 0 Å². The van der Waals surface area contributed by atoms with Crippen LogP contribution in [0.15, 0.2) is 18.2 Å². The highest BCUT2D eigenvalue weighted by Crippen LogP contribution is 2.47. The number of rotatable bonds is 2. The topological polar surface area (TPSA) is 46.5 Å². The summed E-state index contributed by atoms with van der Waals surface area (Å²) in [5, 5.41) is 10.3. The number of ether oxygens (including phenoxy) is 1. The molecule has 0 aliphatic heterocycles. The summed E-state index contributed by atoms with van der Waals surface area (Å²) in [7, 11) is 1.31. The number of hydrogen-bond acceptors (Lipinski definition) is 3. The quantitative estimate of drug-likeness (QED) is 0.800. The zero-order valence-corrected chi connectivity index (χ0v) is 9.87. The minimum absolute atomic E-state index is 0.224. The third kappa shape index (κ3) is 1.93. The molecule has 1 aromatic rings. The molecule has 0 spiro atoms. The lowest BCUT2D eigenvalue weighted by molar-refractivity contribution is -0.163. The fourth-order valence-electron chi connectivity index (χ4n) is 2.51. The molecule has 1 aliphatic carbocycles. The molecular formula is C13H15FO3. The summed E-state index contributed by atoms with van der Waals surface area (Å²) in [6.45, 7) is 1.75. The maximum Gasteiger partial charge on any atom is 0.308 e. The van der Waals surface area contributed by atoms with Gasteiger partial charge in [-0.05, 0) is 31.4 Å². The van der Waals surface area contributed by atoms with Crippen LogP contribution in [0.1, 0.15) is 24.0 Å². The third-order valence-corrected chi connectivity index (χ3v) is 3.39. The second-order valence-electron chi connectivity index (χ2n) is 4.59. The molecule has 2 rings (SSSR count). The summed E-state index contributed by atoms with van der Waals surface area (Å²) in [4.78, 5) is 11.3. The standard InChI is InChI=1S/C13H15FO3/c1-8-4-3-5-10(14)11(8)13(16)6-9(7-13)12(15)17-2/h3-5,9,16H,6-7H2,1-2H3. The molecular weight excluding hydrogens is 223 g/mol. The normalized spacial score (nSPS) is 27.4. The SMILES string of the molecule is COC(=O)C1CC(O)(c2c(C)cccc2F)C1. The van der Waals surface area contributed by atoms with Crippen LogP contribution in [-0.4, -0.2) is 18.2 Å². The maximum absolute atomic E-state index is 13.7. The summed E-state index contributed by atoms with van der Waals surface area (Å²) in [5.74, 6) is -1.09. The van der Waals surface area contributed by atoms with E-state index in [2.05, 4.69) is 4.74 Å². The van der Waals surface area contributed by atoms with Crippen molar-refractivity contribution in [2.45, 2.75) is 25.4 Å². The number of methoxy groups -OCH3 is 1. The van der Waals surface area contributed by atoms with E-state index in [1.807, 2.05) is 0 Å². The first-order valence-corrected chi connectivity index (χ1v) is 5.54. The van der Waals surface area contributed by atoms with Crippen molar-refractivity contribution in [1.29, 1.82) is 0 Å². The van der Waals surface area contributed by atoms with E-state index in [0.717, 1.165) is 0 Å². The first-order chi connectivity index (χ1) is 7.98. The van der Waals surface area contributed by atoms with Gasteiger partial charge in [0.1, 0.15) is 5.82 Å². The van der Waals surface area contributed by atoms with Crippen molar-refractivity contribution >= 4 is 5.97 Å². The molecule has 0 aromatic heterocycles. The van der Waals surface area contributed by atoms with Gasteiger partial charge in [0, 0.05) is 5.56 Å². The van der Waals surface area contributed by atoms with Crippen LogP contribution in [0.25, 0.3) is 0 Å². The maximum atomic E-state index is 13.7. The fraction of sp³-hybridized carbons (Fsp3) is 0.462. The second kappa shape index (κ2) is 4.11. The largest absolute Gasteiger partial charge is 0.469 e. The van der Waals surface area contributed by atoms with Crippen LogP contribution in [0.3, 0.4) is 0 Å². The molecule has 92 valence electrons. The fourth-order valence-corrected chi connectivity index (χ4v) is 2.51. The van der Waals surface area contributed by atoms with Gasteiger partial charge in [0.25, 0.3) is 0 Å². The Morgan fingerprint density at radius 2 is 2.18 bits per heavy atom. The number of aliphatic hydroxyl groups is 1. The highest BCUT2D eigenvalue weighted by Gasteiger charge is 2.49. The van der Waals surface area contributed by atoms with E-state index in [1.165, 1.54) is 13.2 Å². The Morgan fingerprint density at radius 3 is 2.71 bits per heavy atom. The first-order valence-electron chi connectivity index (χ1n) is 5.54. The van der Waals surface area contributed by atoms with E-state index in [4.69, 9.17) is 0 Å². The Balaban J connectivity index is 2.23. The van der Waals surface area contributed by atoms with Gasteiger partial charge in [-0.2, -0.15) is 0 Å². The van der Waals surface area contributed by atoms with Crippen molar-refractivity contribution < 1.29 is 19.0 Å². The molecule has 4 heteroatoms. The van der Waals surface area contributed by atoms with Crippen LogP contribution < -0.4 is 0 Å². The Labute approximate surface area is 99.2 Å². The third-order valence-electron chi connectivity index (χ3n) is 3.39. The zero-order valence-electron chi connectivity index (χ0n) is 9.87. The summed E-state index contributed by atoms with van der Waals surface area (Å²) in [5.41, 5.74) is -0.218. The minimum Gasteiger partial charge on any atom is -0.469 e. The van der Waals surface area contributed by atoms with Crippen molar-refractivity contribution in [1.82, 2.24) is 0 Å².